The topological polar surface area (TPSA) is 110 Å². The first-order chi connectivity index (χ1) is 9.50. The minimum Gasteiger partial charge on any atom is -0.262 e. The standard InChI is InChI=1S/C12H21N3O4S2/c1-12(2,3)10-13-11(15-14-10)21(18,19)8-9-5-4-6-20(16,17)7-9/h9H,4-8H2,1-3H3,(H,13,14,15). The predicted octanol–water partition coefficient (Wildman–Crippen LogP) is 0.701. The molecule has 1 N–H and O–H groups in total. The second-order valence-electron chi connectivity index (χ2n) is 6.62. The zero-order valence-corrected chi connectivity index (χ0v) is 14.1. The Morgan fingerprint density at radius 3 is 2.52 bits per heavy atom. The number of aromatic amines is 1. The Labute approximate surface area is 125 Å². The van der Waals surface area contributed by atoms with Crippen molar-refractivity contribution in [1.29, 1.82) is 0 Å². The zero-order chi connectivity index (χ0) is 15.9. The Kier molecular flexibility index (Phi) is 4.18. The molecule has 0 amide bonds. The van der Waals surface area contributed by atoms with Gasteiger partial charge >= 0.3 is 0 Å². The SMILES string of the molecule is CC(C)(C)c1nc(S(=O)(=O)CC2CCCS(=O)(=O)C2)n[nH]1. The lowest BCUT2D eigenvalue weighted by Crippen LogP contribution is -2.30. The third kappa shape index (κ3) is 4.03. The quantitative estimate of drug-likeness (QED) is 0.870. The number of aromatic nitrogens is 3. The van der Waals surface area contributed by atoms with Crippen LogP contribution in [0.4, 0.5) is 0 Å². The molecule has 1 aliphatic heterocycles. The summed E-state index contributed by atoms with van der Waals surface area (Å²) >= 11 is 0. The Morgan fingerprint density at radius 1 is 1.33 bits per heavy atom. The van der Waals surface area contributed by atoms with Crippen LogP contribution in [-0.2, 0) is 25.1 Å². The van der Waals surface area contributed by atoms with Crippen LogP contribution in [0, 0.1) is 5.92 Å². The molecule has 0 bridgehead atoms. The molecule has 1 saturated heterocycles. The summed E-state index contributed by atoms with van der Waals surface area (Å²) in [5.41, 5.74) is -0.324. The van der Waals surface area contributed by atoms with Gasteiger partial charge in [0, 0.05) is 5.41 Å². The minimum absolute atomic E-state index is 0.0667. The van der Waals surface area contributed by atoms with Crippen LogP contribution in [0.2, 0.25) is 0 Å². The van der Waals surface area contributed by atoms with Crippen molar-refractivity contribution < 1.29 is 16.8 Å². The molecule has 0 radical (unpaired) electrons. The normalized spacial score (nSPS) is 23.1. The first-order valence-corrected chi connectivity index (χ1v) is 10.3. The predicted molar refractivity (Wildman–Crippen MR) is 78.5 cm³/mol. The number of rotatable bonds is 3. The highest BCUT2D eigenvalue weighted by atomic mass is 32.2. The Hall–Kier alpha value is -0.960. The van der Waals surface area contributed by atoms with E-state index in [1.807, 2.05) is 20.8 Å². The molecule has 120 valence electrons. The zero-order valence-electron chi connectivity index (χ0n) is 12.5. The number of nitrogens with zero attached hydrogens (tertiary/aromatic N) is 2. The van der Waals surface area contributed by atoms with Crippen molar-refractivity contribution in [2.24, 2.45) is 5.92 Å². The Bertz CT molecular complexity index is 714. The fourth-order valence-corrected chi connectivity index (χ4v) is 5.75. The maximum Gasteiger partial charge on any atom is 0.266 e. The van der Waals surface area contributed by atoms with E-state index in [1.165, 1.54) is 0 Å². The van der Waals surface area contributed by atoms with E-state index in [1.54, 1.807) is 0 Å². The van der Waals surface area contributed by atoms with E-state index in [4.69, 9.17) is 0 Å². The van der Waals surface area contributed by atoms with Crippen LogP contribution >= 0.6 is 0 Å². The van der Waals surface area contributed by atoms with Crippen molar-refractivity contribution in [2.45, 2.75) is 44.2 Å². The fraction of sp³-hybridized carbons (Fsp3) is 0.833. The van der Waals surface area contributed by atoms with Crippen molar-refractivity contribution >= 4 is 19.7 Å². The Morgan fingerprint density at radius 2 is 2.00 bits per heavy atom. The first kappa shape index (κ1) is 16.4. The van der Waals surface area contributed by atoms with E-state index in [0.717, 1.165) is 0 Å². The number of H-pyrrole nitrogens is 1. The third-order valence-corrected chi connectivity index (χ3v) is 7.01. The lowest BCUT2D eigenvalue weighted by atomic mass is 9.96. The van der Waals surface area contributed by atoms with Gasteiger partial charge in [0.05, 0.1) is 17.3 Å². The van der Waals surface area contributed by atoms with E-state index >= 15 is 0 Å². The number of nitrogens with one attached hydrogen (secondary N) is 1. The Balaban J connectivity index is 2.17. The average Bonchev–Trinajstić information content (AvgIpc) is 2.75. The highest BCUT2D eigenvalue weighted by Crippen LogP contribution is 2.23. The van der Waals surface area contributed by atoms with Gasteiger partial charge in [-0.3, -0.25) is 5.10 Å². The van der Waals surface area contributed by atoms with Gasteiger partial charge in [-0.25, -0.2) is 21.8 Å². The van der Waals surface area contributed by atoms with Crippen LogP contribution < -0.4 is 0 Å². The molecular formula is C12H21N3O4S2. The molecule has 0 aromatic carbocycles. The summed E-state index contributed by atoms with van der Waals surface area (Å²) in [6.07, 6.45) is 1.12. The van der Waals surface area contributed by atoms with E-state index in [9.17, 15) is 16.8 Å². The molecule has 2 heterocycles. The highest BCUT2D eigenvalue weighted by molar-refractivity contribution is 7.92. The third-order valence-electron chi connectivity index (χ3n) is 3.47. The van der Waals surface area contributed by atoms with Crippen molar-refractivity contribution in [3.8, 4) is 0 Å². The summed E-state index contributed by atoms with van der Waals surface area (Å²) < 4.78 is 47.8. The molecule has 0 aliphatic carbocycles. The van der Waals surface area contributed by atoms with Gasteiger partial charge in [-0.05, 0) is 18.8 Å². The van der Waals surface area contributed by atoms with Gasteiger partial charge in [0.1, 0.15) is 5.82 Å². The van der Waals surface area contributed by atoms with Gasteiger partial charge < -0.3 is 0 Å². The van der Waals surface area contributed by atoms with Crippen LogP contribution in [-0.4, -0.2) is 49.3 Å². The van der Waals surface area contributed by atoms with Crippen LogP contribution in [0.5, 0.6) is 0 Å². The van der Waals surface area contributed by atoms with Crippen molar-refractivity contribution in [2.75, 3.05) is 17.3 Å². The van der Waals surface area contributed by atoms with Gasteiger partial charge in [-0.1, -0.05) is 20.8 Å². The minimum atomic E-state index is -3.67. The monoisotopic (exact) mass is 335 g/mol. The smallest absolute Gasteiger partial charge is 0.262 e. The summed E-state index contributed by atoms with van der Waals surface area (Å²) in [5, 5.41) is 6.19. The molecule has 0 spiro atoms. The van der Waals surface area contributed by atoms with Gasteiger partial charge in [0.2, 0.25) is 9.84 Å². The molecule has 0 saturated carbocycles. The first-order valence-electron chi connectivity index (χ1n) is 6.86. The summed E-state index contributed by atoms with van der Waals surface area (Å²) in [5.74, 6) is -0.00266. The number of sulfone groups is 2. The van der Waals surface area contributed by atoms with Crippen LogP contribution in [0.1, 0.15) is 39.4 Å². The number of hydrogen-bond donors (Lipinski definition) is 1. The van der Waals surface area contributed by atoms with Gasteiger partial charge in [0.25, 0.3) is 5.16 Å². The molecular weight excluding hydrogens is 314 g/mol. The molecule has 2 rings (SSSR count). The van der Waals surface area contributed by atoms with Gasteiger partial charge in [0.15, 0.2) is 9.84 Å². The molecule has 1 fully saturated rings. The molecule has 7 nitrogen and oxygen atoms in total. The summed E-state index contributed by atoms with van der Waals surface area (Å²) in [7, 11) is -6.79. The second kappa shape index (κ2) is 5.35. The van der Waals surface area contributed by atoms with E-state index < -0.39 is 19.7 Å². The van der Waals surface area contributed by atoms with Crippen molar-refractivity contribution in [3.63, 3.8) is 0 Å². The summed E-state index contributed by atoms with van der Waals surface area (Å²) in [6, 6.07) is 0. The summed E-state index contributed by atoms with van der Waals surface area (Å²) in [6.45, 7) is 5.70. The van der Waals surface area contributed by atoms with E-state index in [-0.39, 0.29) is 33.7 Å². The van der Waals surface area contributed by atoms with Crippen LogP contribution in [0.25, 0.3) is 0 Å². The molecule has 1 aromatic rings. The lowest BCUT2D eigenvalue weighted by Gasteiger charge is -2.20. The van der Waals surface area contributed by atoms with Crippen LogP contribution in [0.3, 0.4) is 0 Å². The molecule has 1 aliphatic rings. The molecule has 1 unspecified atom stereocenters. The van der Waals surface area contributed by atoms with Crippen LogP contribution in [0.15, 0.2) is 5.16 Å². The van der Waals surface area contributed by atoms with E-state index in [2.05, 4.69) is 15.2 Å². The lowest BCUT2D eigenvalue weighted by molar-refractivity contribution is 0.506. The molecule has 1 aromatic heterocycles. The van der Waals surface area contributed by atoms with Gasteiger partial charge in [-0.15, -0.1) is 5.10 Å². The van der Waals surface area contributed by atoms with E-state index in [0.29, 0.717) is 18.7 Å². The maximum atomic E-state index is 12.3. The molecule has 21 heavy (non-hydrogen) atoms. The largest absolute Gasteiger partial charge is 0.266 e. The average molecular weight is 335 g/mol. The summed E-state index contributed by atoms with van der Waals surface area (Å²) in [4.78, 5) is 4.05. The number of hydrogen-bond acceptors (Lipinski definition) is 6. The van der Waals surface area contributed by atoms with Crippen molar-refractivity contribution in [3.05, 3.63) is 5.82 Å². The van der Waals surface area contributed by atoms with Gasteiger partial charge in [-0.2, -0.15) is 0 Å². The van der Waals surface area contributed by atoms with Crippen molar-refractivity contribution in [1.82, 2.24) is 15.2 Å². The fourth-order valence-electron chi connectivity index (χ4n) is 2.35. The second-order valence-corrected chi connectivity index (χ2v) is 10.8. The molecule has 9 heteroatoms. The maximum absolute atomic E-state index is 12.3. The molecule has 1 atom stereocenters. The highest BCUT2D eigenvalue weighted by Gasteiger charge is 2.32.